The lowest BCUT2D eigenvalue weighted by Crippen LogP contribution is -2.25. The van der Waals surface area contributed by atoms with Crippen LogP contribution in [-0.4, -0.2) is 17.2 Å². The van der Waals surface area contributed by atoms with Crippen LogP contribution in [0.25, 0.3) is 0 Å². The maximum atomic E-state index is 10.8. The van der Waals surface area contributed by atoms with Crippen LogP contribution in [0.5, 0.6) is 5.75 Å². The topological polar surface area (TPSA) is 46.5 Å². The van der Waals surface area contributed by atoms with Gasteiger partial charge in [0.25, 0.3) is 0 Å². The van der Waals surface area contributed by atoms with E-state index in [1.807, 2.05) is 24.3 Å². The first kappa shape index (κ1) is 13.6. The monoisotopic (exact) mass is 236 g/mol. The molecule has 0 bridgehead atoms. The van der Waals surface area contributed by atoms with Gasteiger partial charge in [-0.05, 0) is 36.5 Å². The van der Waals surface area contributed by atoms with Gasteiger partial charge in [-0.3, -0.25) is 0 Å². The van der Waals surface area contributed by atoms with Gasteiger partial charge in [-0.15, -0.1) is 0 Å². The summed E-state index contributed by atoms with van der Waals surface area (Å²) in [5, 5.41) is 8.88. The predicted molar refractivity (Wildman–Crippen MR) is 67.3 cm³/mol. The summed E-state index contributed by atoms with van der Waals surface area (Å²) in [6, 6.07) is 7.65. The van der Waals surface area contributed by atoms with Crippen LogP contribution in [0.15, 0.2) is 24.3 Å². The van der Waals surface area contributed by atoms with Crippen molar-refractivity contribution in [1.82, 2.24) is 0 Å². The fourth-order valence-electron chi connectivity index (χ4n) is 1.65. The first-order valence-corrected chi connectivity index (χ1v) is 6.01. The van der Waals surface area contributed by atoms with E-state index in [1.54, 1.807) is 6.92 Å². The summed E-state index contributed by atoms with van der Waals surface area (Å²) in [4.78, 5) is 10.8. The molecule has 3 heteroatoms. The van der Waals surface area contributed by atoms with Gasteiger partial charge in [0.2, 0.25) is 0 Å². The zero-order chi connectivity index (χ0) is 12.8. The molecule has 0 aliphatic carbocycles. The number of benzene rings is 1. The molecule has 0 aliphatic heterocycles. The maximum absolute atomic E-state index is 10.8. The molecule has 0 spiro atoms. The number of hydrogen-bond acceptors (Lipinski definition) is 2. The standard InChI is InChI=1S/C14H20O3/c1-4-13(14(15)16)17-12-7-5-11(6-8-12)9-10(2)3/h5-8,10,13H,4,9H2,1-3H3,(H,15,16). The highest BCUT2D eigenvalue weighted by Gasteiger charge is 2.16. The molecule has 1 unspecified atom stereocenters. The fraction of sp³-hybridized carbons (Fsp3) is 0.500. The van der Waals surface area contributed by atoms with Gasteiger partial charge in [0.15, 0.2) is 6.10 Å². The van der Waals surface area contributed by atoms with E-state index in [2.05, 4.69) is 13.8 Å². The Morgan fingerprint density at radius 1 is 1.29 bits per heavy atom. The van der Waals surface area contributed by atoms with E-state index in [4.69, 9.17) is 9.84 Å². The summed E-state index contributed by atoms with van der Waals surface area (Å²) in [6.07, 6.45) is 0.727. The third kappa shape index (κ3) is 4.47. The van der Waals surface area contributed by atoms with Crippen molar-refractivity contribution in [3.63, 3.8) is 0 Å². The van der Waals surface area contributed by atoms with Crippen molar-refractivity contribution in [2.45, 2.75) is 39.7 Å². The molecular formula is C14H20O3. The normalized spacial score (nSPS) is 12.5. The van der Waals surface area contributed by atoms with Gasteiger partial charge < -0.3 is 9.84 Å². The average Bonchev–Trinajstić information content (AvgIpc) is 2.26. The van der Waals surface area contributed by atoms with Crippen LogP contribution in [0.4, 0.5) is 0 Å². The third-order valence-corrected chi connectivity index (χ3v) is 2.49. The van der Waals surface area contributed by atoms with Gasteiger partial charge >= 0.3 is 5.97 Å². The second-order valence-corrected chi connectivity index (χ2v) is 4.59. The van der Waals surface area contributed by atoms with Gasteiger partial charge in [-0.25, -0.2) is 4.79 Å². The Bertz CT molecular complexity index is 354. The molecule has 0 heterocycles. The van der Waals surface area contributed by atoms with Crippen LogP contribution in [0, 0.1) is 5.92 Å². The molecule has 1 N–H and O–H groups in total. The summed E-state index contributed by atoms with van der Waals surface area (Å²) < 4.78 is 5.39. The van der Waals surface area contributed by atoms with Crippen molar-refractivity contribution < 1.29 is 14.6 Å². The van der Waals surface area contributed by atoms with E-state index < -0.39 is 12.1 Å². The van der Waals surface area contributed by atoms with Crippen molar-refractivity contribution in [3.05, 3.63) is 29.8 Å². The zero-order valence-electron chi connectivity index (χ0n) is 10.6. The molecule has 0 saturated heterocycles. The van der Waals surface area contributed by atoms with Gasteiger partial charge in [0.1, 0.15) is 5.75 Å². The molecule has 1 aromatic rings. The number of carboxylic acid groups (broad SMARTS) is 1. The molecule has 0 aromatic heterocycles. The molecule has 94 valence electrons. The highest BCUT2D eigenvalue weighted by molar-refractivity contribution is 5.72. The quantitative estimate of drug-likeness (QED) is 0.825. The Morgan fingerprint density at radius 3 is 2.29 bits per heavy atom. The SMILES string of the molecule is CCC(Oc1ccc(CC(C)C)cc1)C(=O)O. The molecular weight excluding hydrogens is 216 g/mol. The largest absolute Gasteiger partial charge is 0.479 e. The van der Waals surface area contributed by atoms with E-state index in [0.717, 1.165) is 6.42 Å². The highest BCUT2D eigenvalue weighted by atomic mass is 16.5. The first-order valence-electron chi connectivity index (χ1n) is 6.01. The fourth-order valence-corrected chi connectivity index (χ4v) is 1.65. The summed E-state index contributed by atoms with van der Waals surface area (Å²) in [6.45, 7) is 6.13. The van der Waals surface area contributed by atoms with Gasteiger partial charge in [0.05, 0.1) is 0 Å². The molecule has 0 saturated carbocycles. The van der Waals surface area contributed by atoms with Crippen LogP contribution in [0.1, 0.15) is 32.8 Å². The average molecular weight is 236 g/mol. The number of carbonyl (C=O) groups is 1. The molecule has 1 aromatic carbocycles. The summed E-state index contributed by atoms with van der Waals surface area (Å²) in [5.74, 6) is 0.315. The summed E-state index contributed by atoms with van der Waals surface area (Å²) in [7, 11) is 0. The Labute approximate surface area is 102 Å². The Balaban J connectivity index is 2.64. The minimum atomic E-state index is -0.918. The van der Waals surface area contributed by atoms with Gasteiger partial charge in [-0.1, -0.05) is 32.9 Å². The van der Waals surface area contributed by atoms with E-state index in [-0.39, 0.29) is 0 Å². The van der Waals surface area contributed by atoms with Gasteiger partial charge in [0, 0.05) is 0 Å². The molecule has 0 aliphatic rings. The molecule has 0 radical (unpaired) electrons. The number of carboxylic acids is 1. The molecule has 3 nitrogen and oxygen atoms in total. The lowest BCUT2D eigenvalue weighted by Gasteiger charge is -2.13. The zero-order valence-corrected chi connectivity index (χ0v) is 10.6. The van der Waals surface area contributed by atoms with Gasteiger partial charge in [-0.2, -0.15) is 0 Å². The number of ether oxygens (including phenoxy) is 1. The van der Waals surface area contributed by atoms with E-state index in [9.17, 15) is 4.79 Å². The predicted octanol–water partition coefficient (Wildman–Crippen LogP) is 3.13. The van der Waals surface area contributed by atoms with E-state index in [0.29, 0.717) is 18.1 Å². The number of aliphatic carboxylic acids is 1. The second kappa shape index (κ2) is 6.28. The number of hydrogen-bond donors (Lipinski definition) is 1. The molecule has 1 atom stereocenters. The van der Waals surface area contributed by atoms with E-state index in [1.165, 1.54) is 5.56 Å². The van der Waals surface area contributed by atoms with Crippen LogP contribution in [0.3, 0.4) is 0 Å². The number of rotatable bonds is 6. The first-order chi connectivity index (χ1) is 8.02. The summed E-state index contributed by atoms with van der Waals surface area (Å²) >= 11 is 0. The Kier molecular flexibility index (Phi) is 5.01. The maximum Gasteiger partial charge on any atom is 0.344 e. The Morgan fingerprint density at radius 2 is 1.88 bits per heavy atom. The van der Waals surface area contributed by atoms with E-state index >= 15 is 0 Å². The molecule has 17 heavy (non-hydrogen) atoms. The van der Waals surface area contributed by atoms with Crippen LogP contribution >= 0.6 is 0 Å². The molecule has 1 rings (SSSR count). The van der Waals surface area contributed by atoms with Crippen LogP contribution < -0.4 is 4.74 Å². The van der Waals surface area contributed by atoms with Crippen LogP contribution in [-0.2, 0) is 11.2 Å². The summed E-state index contributed by atoms with van der Waals surface area (Å²) in [5.41, 5.74) is 1.25. The lowest BCUT2D eigenvalue weighted by atomic mass is 10.0. The molecule has 0 fully saturated rings. The minimum absolute atomic E-state index is 0.461. The minimum Gasteiger partial charge on any atom is -0.479 e. The highest BCUT2D eigenvalue weighted by Crippen LogP contribution is 2.17. The Hall–Kier alpha value is -1.51. The third-order valence-electron chi connectivity index (χ3n) is 2.49. The lowest BCUT2D eigenvalue weighted by molar-refractivity contribution is -0.145. The van der Waals surface area contributed by atoms with Crippen molar-refractivity contribution in [2.75, 3.05) is 0 Å². The van der Waals surface area contributed by atoms with Crippen molar-refractivity contribution in [3.8, 4) is 5.75 Å². The van der Waals surface area contributed by atoms with Crippen molar-refractivity contribution in [2.24, 2.45) is 5.92 Å². The van der Waals surface area contributed by atoms with Crippen LogP contribution in [0.2, 0.25) is 0 Å². The van der Waals surface area contributed by atoms with Crippen molar-refractivity contribution in [1.29, 1.82) is 0 Å². The second-order valence-electron chi connectivity index (χ2n) is 4.59. The van der Waals surface area contributed by atoms with Crippen molar-refractivity contribution >= 4 is 5.97 Å². The molecule has 0 amide bonds. The smallest absolute Gasteiger partial charge is 0.344 e.